The number of carbonyl (C=O) groups is 2. The summed E-state index contributed by atoms with van der Waals surface area (Å²) in [4.78, 5) is 32.1. The van der Waals surface area contributed by atoms with Gasteiger partial charge in [-0.1, -0.05) is 23.7 Å². The maximum Gasteiger partial charge on any atom is 0.511 e. The average molecular weight is 589 g/mol. The molecular weight excluding hydrogens is 559 g/mol. The SMILES string of the molecule is C[N+](C(=O)c1cccc(C(F)(F)F)c1Cl)(C1CCN(c2ccncc2)CC1)C1CCCc2ccc(OC(=O)O)cc21. The van der Waals surface area contributed by atoms with E-state index in [0.29, 0.717) is 32.4 Å². The van der Waals surface area contributed by atoms with E-state index < -0.39 is 34.9 Å². The van der Waals surface area contributed by atoms with E-state index in [1.54, 1.807) is 37.6 Å². The number of hydrogen-bond donors (Lipinski definition) is 1. The Morgan fingerprint density at radius 2 is 1.78 bits per heavy atom. The van der Waals surface area contributed by atoms with Crippen molar-refractivity contribution in [1.82, 2.24) is 4.98 Å². The van der Waals surface area contributed by atoms with E-state index in [1.807, 2.05) is 12.1 Å². The number of fused-ring (bicyclic) bond motifs is 1. The first-order valence-electron chi connectivity index (χ1n) is 13.4. The number of nitrogens with zero attached hydrogens (tertiary/aromatic N) is 3. The lowest BCUT2D eigenvalue weighted by atomic mass is 9.82. The van der Waals surface area contributed by atoms with Gasteiger partial charge in [0.25, 0.3) is 0 Å². The summed E-state index contributed by atoms with van der Waals surface area (Å²) in [5, 5.41) is 8.57. The molecule has 11 heteroatoms. The van der Waals surface area contributed by atoms with Crippen molar-refractivity contribution < 1.29 is 37.1 Å². The van der Waals surface area contributed by atoms with Crippen LogP contribution in [0.25, 0.3) is 0 Å². The van der Waals surface area contributed by atoms with Crippen LogP contribution in [0.2, 0.25) is 5.02 Å². The van der Waals surface area contributed by atoms with Crippen LogP contribution in [0.4, 0.5) is 23.7 Å². The van der Waals surface area contributed by atoms with Crippen molar-refractivity contribution in [2.24, 2.45) is 0 Å². The molecule has 2 unspecified atom stereocenters. The fraction of sp³-hybridized carbons (Fsp3) is 0.367. The number of aryl methyl sites for hydroxylation is 1. The Kier molecular flexibility index (Phi) is 7.98. The Hall–Kier alpha value is -3.63. The zero-order valence-corrected chi connectivity index (χ0v) is 23.2. The maximum absolute atomic E-state index is 14.6. The second-order valence-electron chi connectivity index (χ2n) is 10.7. The number of carboxylic acid groups (broad SMARTS) is 1. The lowest BCUT2D eigenvalue weighted by molar-refractivity contribution is -0.888. The number of ether oxygens (including phenoxy) is 1. The lowest BCUT2D eigenvalue weighted by Gasteiger charge is -2.49. The summed E-state index contributed by atoms with van der Waals surface area (Å²) in [5.41, 5.74) is 1.51. The highest BCUT2D eigenvalue weighted by Crippen LogP contribution is 2.46. The van der Waals surface area contributed by atoms with Crippen LogP contribution in [0.5, 0.6) is 5.75 Å². The molecule has 1 aromatic heterocycles. The molecule has 1 saturated heterocycles. The van der Waals surface area contributed by atoms with Gasteiger partial charge in [-0.25, -0.2) is 14.1 Å². The Morgan fingerprint density at radius 1 is 1.07 bits per heavy atom. The molecule has 3 aromatic rings. The number of quaternary nitrogens is 1. The molecule has 2 aromatic carbocycles. The Morgan fingerprint density at radius 3 is 2.44 bits per heavy atom. The predicted octanol–water partition coefficient (Wildman–Crippen LogP) is 7.14. The van der Waals surface area contributed by atoms with Gasteiger partial charge in [0.1, 0.15) is 11.8 Å². The van der Waals surface area contributed by atoms with Crippen molar-refractivity contribution in [3.05, 3.63) is 88.2 Å². The largest absolute Gasteiger partial charge is 0.511 e. The third-order valence-electron chi connectivity index (χ3n) is 8.48. The topological polar surface area (TPSA) is 79.7 Å². The van der Waals surface area contributed by atoms with Gasteiger partial charge in [0.05, 0.1) is 29.2 Å². The number of alkyl halides is 3. The number of anilines is 1. The first-order valence-corrected chi connectivity index (χ1v) is 13.8. The van der Waals surface area contributed by atoms with E-state index in [-0.39, 0.29) is 21.8 Å². The Bertz CT molecular complexity index is 1440. The van der Waals surface area contributed by atoms with Crippen molar-refractivity contribution >= 4 is 29.4 Å². The van der Waals surface area contributed by atoms with E-state index in [9.17, 15) is 27.9 Å². The molecule has 2 heterocycles. The molecule has 0 spiro atoms. The molecule has 1 N–H and O–H groups in total. The summed E-state index contributed by atoms with van der Waals surface area (Å²) < 4.78 is 46.1. The molecule has 0 bridgehead atoms. The fourth-order valence-corrected chi connectivity index (χ4v) is 6.74. The molecule has 41 heavy (non-hydrogen) atoms. The van der Waals surface area contributed by atoms with Crippen molar-refractivity contribution in [2.45, 2.75) is 50.4 Å². The molecule has 2 atom stereocenters. The molecule has 1 amide bonds. The molecule has 5 rings (SSSR count). The Labute approximate surface area is 240 Å². The zero-order chi connectivity index (χ0) is 29.4. The van der Waals surface area contributed by atoms with Gasteiger partial charge in [0, 0.05) is 56.0 Å². The smallest absolute Gasteiger partial charge is 0.449 e. The van der Waals surface area contributed by atoms with Gasteiger partial charge in [-0.15, -0.1) is 0 Å². The summed E-state index contributed by atoms with van der Waals surface area (Å²) in [6, 6.07) is 11.7. The number of pyridine rings is 1. The average Bonchev–Trinajstić information content (AvgIpc) is 2.96. The van der Waals surface area contributed by atoms with Gasteiger partial charge < -0.3 is 14.7 Å². The molecule has 1 aliphatic carbocycles. The van der Waals surface area contributed by atoms with E-state index in [0.717, 1.165) is 35.7 Å². The molecule has 216 valence electrons. The Balaban J connectivity index is 1.59. The number of aromatic nitrogens is 1. The van der Waals surface area contributed by atoms with Gasteiger partial charge >= 0.3 is 18.2 Å². The summed E-state index contributed by atoms with van der Waals surface area (Å²) >= 11 is 6.31. The quantitative estimate of drug-likeness (QED) is 0.194. The standard InChI is InChI=1S/C30H29ClF3N3O4/c1-37(21-12-16-36(17-13-21)20-10-14-35-15-11-20,28(38)23-5-3-6-25(27(23)31)30(32,33)34)26-7-2-4-19-8-9-22(18-24(19)26)41-29(39)40/h3,5-6,8-11,14-15,18,21,26H,2,4,7,12-13,16-17H2,1H3/p+1. The van der Waals surface area contributed by atoms with Crippen molar-refractivity contribution in [3.63, 3.8) is 0 Å². The van der Waals surface area contributed by atoms with Gasteiger partial charge in [0.15, 0.2) is 0 Å². The van der Waals surface area contributed by atoms with Crippen LogP contribution >= 0.6 is 11.6 Å². The van der Waals surface area contributed by atoms with Crippen LogP contribution in [0.1, 0.15) is 58.8 Å². The monoisotopic (exact) mass is 588 g/mol. The van der Waals surface area contributed by atoms with Gasteiger partial charge in [-0.3, -0.25) is 4.98 Å². The summed E-state index contributed by atoms with van der Waals surface area (Å²) in [5.74, 6) is -0.363. The van der Waals surface area contributed by atoms with Crippen molar-refractivity contribution in [3.8, 4) is 5.75 Å². The summed E-state index contributed by atoms with van der Waals surface area (Å²) in [6.07, 6.45) is 0.580. The number of halogens is 4. The predicted molar refractivity (Wildman–Crippen MR) is 147 cm³/mol. The van der Waals surface area contributed by atoms with Crippen molar-refractivity contribution in [2.75, 3.05) is 25.0 Å². The van der Waals surface area contributed by atoms with Crippen LogP contribution in [-0.2, 0) is 12.6 Å². The molecule has 1 fully saturated rings. The van der Waals surface area contributed by atoms with Gasteiger partial charge in [-0.05, 0) is 54.8 Å². The lowest BCUT2D eigenvalue weighted by Crippen LogP contribution is -2.61. The van der Waals surface area contributed by atoms with E-state index in [2.05, 4.69) is 9.88 Å². The van der Waals surface area contributed by atoms with E-state index in [4.69, 9.17) is 16.3 Å². The number of benzene rings is 2. The van der Waals surface area contributed by atoms with Crippen LogP contribution in [-0.4, -0.2) is 52.8 Å². The maximum atomic E-state index is 14.6. The van der Waals surface area contributed by atoms with Crippen LogP contribution in [0, 0.1) is 0 Å². The molecule has 0 radical (unpaired) electrons. The van der Waals surface area contributed by atoms with Crippen molar-refractivity contribution in [1.29, 1.82) is 0 Å². The molecule has 7 nitrogen and oxygen atoms in total. The second kappa shape index (κ2) is 11.3. The highest BCUT2D eigenvalue weighted by molar-refractivity contribution is 6.34. The fourth-order valence-electron chi connectivity index (χ4n) is 6.43. The second-order valence-corrected chi connectivity index (χ2v) is 11.1. The first-order chi connectivity index (χ1) is 19.5. The van der Waals surface area contributed by atoms with Crippen LogP contribution in [0.15, 0.2) is 60.9 Å². The molecular formula is C30H30ClF3N3O4+. The third kappa shape index (κ3) is 5.63. The number of carbonyl (C=O) groups excluding carboxylic acids is 1. The van der Waals surface area contributed by atoms with Crippen LogP contribution in [0.3, 0.4) is 0 Å². The number of piperidine rings is 1. The van der Waals surface area contributed by atoms with Gasteiger partial charge in [-0.2, -0.15) is 13.2 Å². The highest BCUT2D eigenvalue weighted by atomic mass is 35.5. The number of rotatable bonds is 5. The molecule has 0 saturated carbocycles. The summed E-state index contributed by atoms with van der Waals surface area (Å²) in [6.45, 7) is 1.29. The minimum absolute atomic E-state index is 0.131. The van der Waals surface area contributed by atoms with Gasteiger partial charge in [0.2, 0.25) is 0 Å². The first kappa shape index (κ1) is 28.9. The van der Waals surface area contributed by atoms with E-state index in [1.165, 1.54) is 12.1 Å². The zero-order valence-electron chi connectivity index (χ0n) is 22.4. The number of hydrogen-bond acceptors (Lipinski definition) is 5. The van der Waals surface area contributed by atoms with E-state index >= 15 is 0 Å². The molecule has 2 aliphatic rings. The highest BCUT2D eigenvalue weighted by Gasteiger charge is 2.51. The third-order valence-corrected chi connectivity index (χ3v) is 8.88. The normalized spacial score (nSPS) is 19.2. The summed E-state index contributed by atoms with van der Waals surface area (Å²) in [7, 11) is 1.79. The molecule has 1 aliphatic heterocycles. The van der Waals surface area contributed by atoms with Crippen LogP contribution < -0.4 is 9.64 Å². The number of amides is 1. The minimum Gasteiger partial charge on any atom is -0.449 e. The minimum atomic E-state index is -4.72.